The molecule has 21 heavy (non-hydrogen) atoms. The highest BCUT2D eigenvalue weighted by Gasteiger charge is 2.29. The Morgan fingerprint density at radius 3 is 1.00 bits per heavy atom. The van der Waals surface area contributed by atoms with Crippen molar-refractivity contribution >= 4 is 7.26 Å². The van der Waals surface area contributed by atoms with E-state index in [4.69, 9.17) is 0 Å². The van der Waals surface area contributed by atoms with Gasteiger partial charge in [0.05, 0.1) is 18.5 Å². The molecule has 0 aromatic heterocycles. The summed E-state index contributed by atoms with van der Waals surface area (Å²) in [5.41, 5.74) is 0. The SMILES string of the molecule is CCCCCC[P+](C)(CCCCCC)CCCCCC.[OH-]. The minimum atomic E-state index is -0.590. The van der Waals surface area contributed by atoms with E-state index in [2.05, 4.69) is 27.4 Å². The van der Waals surface area contributed by atoms with E-state index in [9.17, 15) is 0 Å². The molecule has 0 spiro atoms. The quantitative estimate of drug-likeness (QED) is 0.232. The van der Waals surface area contributed by atoms with Gasteiger partial charge < -0.3 is 5.48 Å². The zero-order valence-electron chi connectivity index (χ0n) is 15.5. The average Bonchev–Trinajstić information content (AvgIpc) is 2.45. The van der Waals surface area contributed by atoms with Crippen molar-refractivity contribution in [2.24, 2.45) is 0 Å². The highest BCUT2D eigenvalue weighted by molar-refractivity contribution is 7.75. The third-order valence-electron chi connectivity index (χ3n) is 4.65. The maximum absolute atomic E-state index is 2.69. The Morgan fingerprint density at radius 1 is 0.476 bits per heavy atom. The van der Waals surface area contributed by atoms with Gasteiger partial charge in [-0.2, -0.15) is 0 Å². The van der Waals surface area contributed by atoms with Gasteiger partial charge in [0.25, 0.3) is 0 Å². The second-order valence-corrected chi connectivity index (χ2v) is 11.6. The third-order valence-corrected chi connectivity index (χ3v) is 8.84. The summed E-state index contributed by atoms with van der Waals surface area (Å²) in [6, 6.07) is 0. The van der Waals surface area contributed by atoms with Gasteiger partial charge in [-0.1, -0.05) is 59.3 Å². The standard InChI is InChI=1S/C19H42P.H2O/c1-5-8-11-14-17-20(4,18-15-12-9-6-2)19-16-13-10-7-3;/h5-19H2,1-4H3;1H2/q+1;/p-1. The molecule has 1 nitrogen and oxygen atoms in total. The minimum Gasteiger partial charge on any atom is -0.870 e. The second-order valence-electron chi connectivity index (χ2n) is 6.97. The van der Waals surface area contributed by atoms with Crippen molar-refractivity contribution in [1.82, 2.24) is 0 Å². The first-order valence-corrected chi connectivity index (χ1v) is 12.3. The molecule has 0 fully saturated rings. The minimum absolute atomic E-state index is 0. The Bertz CT molecular complexity index is 163. The van der Waals surface area contributed by atoms with Crippen LogP contribution in [0, 0.1) is 0 Å². The van der Waals surface area contributed by atoms with Gasteiger partial charge in [-0.05, 0) is 38.5 Å². The Morgan fingerprint density at radius 2 is 0.762 bits per heavy atom. The molecule has 0 bridgehead atoms. The Labute approximate surface area is 136 Å². The van der Waals surface area contributed by atoms with E-state index in [-0.39, 0.29) is 5.48 Å². The Balaban J connectivity index is 0. The highest BCUT2D eigenvalue weighted by atomic mass is 31.2. The van der Waals surface area contributed by atoms with E-state index >= 15 is 0 Å². The van der Waals surface area contributed by atoms with Gasteiger partial charge in [0.1, 0.15) is 0 Å². The number of hydrogen-bond acceptors (Lipinski definition) is 1. The summed E-state index contributed by atoms with van der Waals surface area (Å²) in [7, 11) is -0.590. The monoisotopic (exact) mass is 318 g/mol. The molecule has 0 rings (SSSR count). The number of unbranched alkanes of at least 4 members (excludes halogenated alkanes) is 9. The smallest absolute Gasteiger partial charge is 0.0591 e. The molecule has 0 heterocycles. The molecule has 0 atom stereocenters. The summed E-state index contributed by atoms with van der Waals surface area (Å²) < 4.78 is 0. The van der Waals surface area contributed by atoms with Crippen molar-refractivity contribution in [2.45, 2.75) is 97.8 Å². The van der Waals surface area contributed by atoms with Gasteiger partial charge >= 0.3 is 0 Å². The Kier molecular flexibility index (Phi) is 18.9. The summed E-state index contributed by atoms with van der Waals surface area (Å²) in [4.78, 5) is 0. The average molecular weight is 319 g/mol. The van der Waals surface area contributed by atoms with Crippen LogP contribution in [0.1, 0.15) is 97.8 Å². The largest absolute Gasteiger partial charge is 0.870 e. The summed E-state index contributed by atoms with van der Waals surface area (Å²) >= 11 is 0. The van der Waals surface area contributed by atoms with E-state index in [1.807, 2.05) is 0 Å². The number of hydrogen-bond donors (Lipinski definition) is 0. The van der Waals surface area contributed by atoms with Crippen molar-refractivity contribution < 1.29 is 5.48 Å². The number of rotatable bonds is 15. The van der Waals surface area contributed by atoms with Crippen molar-refractivity contribution in [3.8, 4) is 0 Å². The molecule has 0 aromatic carbocycles. The normalized spacial score (nSPS) is 11.4. The first kappa shape index (κ1) is 23.7. The predicted octanol–water partition coefficient (Wildman–Crippen LogP) is 7.20. The second kappa shape index (κ2) is 16.8. The lowest BCUT2D eigenvalue weighted by Gasteiger charge is -2.23. The zero-order valence-corrected chi connectivity index (χ0v) is 16.4. The summed E-state index contributed by atoms with van der Waals surface area (Å²) in [5, 5.41) is 0. The fourth-order valence-electron chi connectivity index (χ4n) is 3.10. The van der Waals surface area contributed by atoms with Crippen LogP contribution < -0.4 is 0 Å². The van der Waals surface area contributed by atoms with E-state index in [0.717, 1.165) is 0 Å². The first-order valence-electron chi connectivity index (χ1n) is 9.52. The molecule has 0 saturated carbocycles. The molecule has 2 heteroatoms. The van der Waals surface area contributed by atoms with Gasteiger partial charge in [0, 0.05) is 13.9 Å². The maximum atomic E-state index is 2.69. The van der Waals surface area contributed by atoms with Crippen molar-refractivity contribution in [2.75, 3.05) is 25.2 Å². The van der Waals surface area contributed by atoms with Crippen LogP contribution in [0.4, 0.5) is 0 Å². The van der Waals surface area contributed by atoms with Crippen LogP contribution in [-0.4, -0.2) is 30.6 Å². The molecule has 0 amide bonds. The van der Waals surface area contributed by atoms with Crippen molar-refractivity contribution in [3.63, 3.8) is 0 Å². The fourth-order valence-corrected chi connectivity index (χ4v) is 6.73. The Hall–Kier alpha value is 0.390. The van der Waals surface area contributed by atoms with E-state index in [1.165, 1.54) is 77.0 Å². The predicted molar refractivity (Wildman–Crippen MR) is 102 cm³/mol. The topological polar surface area (TPSA) is 30.0 Å². The van der Waals surface area contributed by atoms with Crippen LogP contribution >= 0.6 is 7.26 Å². The molecule has 0 aliphatic rings. The van der Waals surface area contributed by atoms with E-state index in [0.29, 0.717) is 0 Å². The molecule has 0 radical (unpaired) electrons. The van der Waals surface area contributed by atoms with Crippen LogP contribution in [0.2, 0.25) is 0 Å². The maximum Gasteiger partial charge on any atom is 0.0591 e. The third kappa shape index (κ3) is 15.1. The zero-order chi connectivity index (χ0) is 15.1. The summed E-state index contributed by atoms with van der Waals surface area (Å²) in [6.07, 6.45) is 22.2. The summed E-state index contributed by atoms with van der Waals surface area (Å²) in [5.74, 6) is 0. The first-order chi connectivity index (χ1) is 9.68. The molecule has 1 N–H and O–H groups in total. The van der Waals surface area contributed by atoms with Crippen LogP contribution in [0.25, 0.3) is 0 Å². The van der Waals surface area contributed by atoms with Crippen LogP contribution in [0.3, 0.4) is 0 Å². The molecule has 0 aliphatic heterocycles. The van der Waals surface area contributed by atoms with Gasteiger partial charge in [-0.25, -0.2) is 0 Å². The van der Waals surface area contributed by atoms with Gasteiger partial charge in [-0.15, -0.1) is 0 Å². The van der Waals surface area contributed by atoms with Crippen LogP contribution in [0.15, 0.2) is 0 Å². The van der Waals surface area contributed by atoms with Crippen LogP contribution in [0.5, 0.6) is 0 Å². The molecular weight excluding hydrogens is 275 g/mol. The molecule has 0 saturated heterocycles. The van der Waals surface area contributed by atoms with Crippen molar-refractivity contribution in [3.05, 3.63) is 0 Å². The van der Waals surface area contributed by atoms with Crippen molar-refractivity contribution in [1.29, 1.82) is 0 Å². The van der Waals surface area contributed by atoms with Crippen LogP contribution in [-0.2, 0) is 0 Å². The van der Waals surface area contributed by atoms with Gasteiger partial charge in [-0.3, -0.25) is 0 Å². The molecule has 0 unspecified atom stereocenters. The molecule has 0 aromatic rings. The summed E-state index contributed by atoms with van der Waals surface area (Å²) in [6.45, 7) is 9.66. The molecule has 130 valence electrons. The fraction of sp³-hybridized carbons (Fsp3) is 1.00. The van der Waals surface area contributed by atoms with E-state index in [1.54, 1.807) is 18.5 Å². The van der Waals surface area contributed by atoms with Gasteiger partial charge in [0.2, 0.25) is 0 Å². The lowest BCUT2D eigenvalue weighted by Crippen LogP contribution is -2.07. The highest BCUT2D eigenvalue weighted by Crippen LogP contribution is 2.57. The lowest BCUT2D eigenvalue weighted by atomic mass is 10.2. The molecule has 0 aliphatic carbocycles. The van der Waals surface area contributed by atoms with Gasteiger partial charge in [0.15, 0.2) is 0 Å². The lowest BCUT2D eigenvalue weighted by molar-refractivity contribution is 0.684. The van der Waals surface area contributed by atoms with E-state index < -0.39 is 7.26 Å². The molecular formula is C19H43OP.